The SMILES string of the molecule is CCc1nc(Br)cc(N2CCC(OC)CC2)n1. The van der Waals surface area contributed by atoms with Crippen molar-refractivity contribution in [2.24, 2.45) is 0 Å². The Morgan fingerprint density at radius 3 is 2.71 bits per heavy atom. The van der Waals surface area contributed by atoms with Gasteiger partial charge in [-0.2, -0.15) is 0 Å². The Morgan fingerprint density at radius 1 is 1.41 bits per heavy atom. The molecule has 0 radical (unpaired) electrons. The molecule has 0 unspecified atom stereocenters. The van der Waals surface area contributed by atoms with E-state index in [1.54, 1.807) is 7.11 Å². The molecule has 0 bridgehead atoms. The summed E-state index contributed by atoms with van der Waals surface area (Å²) in [6.45, 7) is 4.08. The topological polar surface area (TPSA) is 38.2 Å². The summed E-state index contributed by atoms with van der Waals surface area (Å²) >= 11 is 3.44. The van der Waals surface area contributed by atoms with Crippen molar-refractivity contribution in [1.29, 1.82) is 0 Å². The second-order valence-electron chi connectivity index (χ2n) is 4.24. The van der Waals surface area contributed by atoms with Gasteiger partial charge in [0.15, 0.2) is 0 Å². The first kappa shape index (κ1) is 12.8. The predicted molar refractivity (Wildman–Crippen MR) is 71.4 cm³/mol. The van der Waals surface area contributed by atoms with Gasteiger partial charge in [-0.3, -0.25) is 0 Å². The Labute approximate surface area is 111 Å². The van der Waals surface area contributed by atoms with Crippen LogP contribution in [0.15, 0.2) is 10.7 Å². The molecule has 0 saturated carbocycles. The minimum Gasteiger partial charge on any atom is -0.381 e. The van der Waals surface area contributed by atoms with Gasteiger partial charge in [-0.1, -0.05) is 6.92 Å². The molecule has 2 rings (SSSR count). The lowest BCUT2D eigenvalue weighted by Crippen LogP contribution is -2.37. The zero-order valence-electron chi connectivity index (χ0n) is 10.3. The molecule has 0 atom stereocenters. The summed E-state index contributed by atoms with van der Waals surface area (Å²) in [4.78, 5) is 11.2. The summed E-state index contributed by atoms with van der Waals surface area (Å²) in [5.74, 6) is 1.92. The maximum Gasteiger partial charge on any atom is 0.133 e. The van der Waals surface area contributed by atoms with Crippen molar-refractivity contribution in [3.63, 3.8) is 0 Å². The van der Waals surface area contributed by atoms with Crippen molar-refractivity contribution >= 4 is 21.7 Å². The Balaban J connectivity index is 2.10. The molecule has 1 aromatic rings. The third-order valence-electron chi connectivity index (χ3n) is 3.14. The summed E-state index contributed by atoms with van der Waals surface area (Å²) in [6.07, 6.45) is 3.40. The molecule has 0 aliphatic carbocycles. The van der Waals surface area contributed by atoms with Crippen LogP contribution in [-0.2, 0) is 11.2 Å². The van der Waals surface area contributed by atoms with Gasteiger partial charge in [0.2, 0.25) is 0 Å². The lowest BCUT2D eigenvalue weighted by molar-refractivity contribution is 0.0818. The zero-order valence-corrected chi connectivity index (χ0v) is 11.9. The highest BCUT2D eigenvalue weighted by Crippen LogP contribution is 2.21. The highest BCUT2D eigenvalue weighted by molar-refractivity contribution is 9.10. The fraction of sp³-hybridized carbons (Fsp3) is 0.667. The Morgan fingerprint density at radius 2 is 2.12 bits per heavy atom. The fourth-order valence-corrected chi connectivity index (χ4v) is 2.50. The third kappa shape index (κ3) is 3.16. The molecule has 94 valence electrons. The lowest BCUT2D eigenvalue weighted by atomic mass is 10.1. The molecule has 0 amide bonds. The first-order valence-corrected chi connectivity index (χ1v) is 6.83. The van der Waals surface area contributed by atoms with Crippen LogP contribution < -0.4 is 4.90 Å². The monoisotopic (exact) mass is 299 g/mol. The van der Waals surface area contributed by atoms with Crippen LogP contribution in [-0.4, -0.2) is 36.3 Å². The number of hydrogen-bond acceptors (Lipinski definition) is 4. The Hall–Kier alpha value is -0.680. The minimum atomic E-state index is 0.405. The molecule has 1 aliphatic heterocycles. The van der Waals surface area contributed by atoms with Gasteiger partial charge in [-0.05, 0) is 28.8 Å². The fourth-order valence-electron chi connectivity index (χ4n) is 2.09. The summed E-state index contributed by atoms with van der Waals surface area (Å²) in [5, 5.41) is 0. The lowest BCUT2D eigenvalue weighted by Gasteiger charge is -2.32. The van der Waals surface area contributed by atoms with Gasteiger partial charge in [-0.15, -0.1) is 0 Å². The molecule has 17 heavy (non-hydrogen) atoms. The van der Waals surface area contributed by atoms with Crippen molar-refractivity contribution in [3.8, 4) is 0 Å². The standard InChI is InChI=1S/C12H18BrN3O/c1-3-11-14-10(13)8-12(15-11)16-6-4-9(17-2)5-7-16/h8-9H,3-7H2,1-2H3. The van der Waals surface area contributed by atoms with Crippen LogP contribution >= 0.6 is 15.9 Å². The van der Waals surface area contributed by atoms with Gasteiger partial charge in [0.05, 0.1) is 6.10 Å². The minimum absolute atomic E-state index is 0.405. The van der Waals surface area contributed by atoms with Gasteiger partial charge in [0.1, 0.15) is 16.2 Å². The number of ether oxygens (including phenoxy) is 1. The molecule has 4 nitrogen and oxygen atoms in total. The van der Waals surface area contributed by atoms with Crippen molar-refractivity contribution in [2.75, 3.05) is 25.1 Å². The molecule has 1 aliphatic rings. The van der Waals surface area contributed by atoms with E-state index in [4.69, 9.17) is 4.74 Å². The predicted octanol–water partition coefficient (Wildman–Crippen LogP) is 2.42. The maximum atomic E-state index is 5.38. The number of methoxy groups -OCH3 is 1. The van der Waals surface area contributed by atoms with Gasteiger partial charge in [-0.25, -0.2) is 9.97 Å². The van der Waals surface area contributed by atoms with E-state index >= 15 is 0 Å². The van der Waals surface area contributed by atoms with Crippen molar-refractivity contribution < 1.29 is 4.74 Å². The molecule has 5 heteroatoms. The van der Waals surface area contributed by atoms with E-state index in [0.29, 0.717) is 6.10 Å². The van der Waals surface area contributed by atoms with Crippen LogP contribution in [0, 0.1) is 0 Å². The van der Waals surface area contributed by atoms with E-state index in [-0.39, 0.29) is 0 Å². The second-order valence-corrected chi connectivity index (χ2v) is 5.05. The number of hydrogen-bond donors (Lipinski definition) is 0. The average Bonchev–Trinajstić information content (AvgIpc) is 2.38. The molecular formula is C12H18BrN3O. The van der Waals surface area contributed by atoms with Gasteiger partial charge in [0, 0.05) is 32.7 Å². The van der Waals surface area contributed by atoms with Crippen molar-refractivity contribution in [3.05, 3.63) is 16.5 Å². The highest BCUT2D eigenvalue weighted by atomic mass is 79.9. The van der Waals surface area contributed by atoms with E-state index in [0.717, 1.165) is 48.6 Å². The summed E-state index contributed by atoms with van der Waals surface area (Å²) in [7, 11) is 1.79. The molecule has 1 saturated heterocycles. The number of piperidine rings is 1. The largest absolute Gasteiger partial charge is 0.381 e. The number of nitrogens with zero attached hydrogens (tertiary/aromatic N) is 3. The van der Waals surface area contributed by atoms with Gasteiger partial charge < -0.3 is 9.64 Å². The van der Waals surface area contributed by atoms with Crippen LogP contribution in [0.25, 0.3) is 0 Å². The van der Waals surface area contributed by atoms with Crippen LogP contribution in [0.3, 0.4) is 0 Å². The number of anilines is 1. The molecular weight excluding hydrogens is 282 g/mol. The summed E-state index contributed by atoms with van der Waals surface area (Å²) in [6, 6.07) is 1.99. The molecule has 1 aromatic heterocycles. The third-order valence-corrected chi connectivity index (χ3v) is 3.55. The maximum absolute atomic E-state index is 5.38. The molecule has 2 heterocycles. The van der Waals surface area contributed by atoms with Crippen molar-refractivity contribution in [2.45, 2.75) is 32.3 Å². The number of aromatic nitrogens is 2. The quantitative estimate of drug-likeness (QED) is 0.804. The number of aryl methyl sites for hydroxylation is 1. The highest BCUT2D eigenvalue weighted by Gasteiger charge is 2.20. The van der Waals surface area contributed by atoms with Crippen LogP contribution in [0.1, 0.15) is 25.6 Å². The first-order valence-electron chi connectivity index (χ1n) is 6.04. The molecule has 0 aromatic carbocycles. The normalized spacial score (nSPS) is 17.5. The average molecular weight is 300 g/mol. The molecule has 1 fully saturated rings. The van der Waals surface area contributed by atoms with Crippen LogP contribution in [0.5, 0.6) is 0 Å². The van der Waals surface area contributed by atoms with Crippen LogP contribution in [0.2, 0.25) is 0 Å². The van der Waals surface area contributed by atoms with E-state index < -0.39 is 0 Å². The Kier molecular flexibility index (Phi) is 4.34. The number of halogens is 1. The molecule has 0 spiro atoms. The first-order chi connectivity index (χ1) is 8.22. The van der Waals surface area contributed by atoms with Crippen molar-refractivity contribution in [1.82, 2.24) is 9.97 Å². The van der Waals surface area contributed by atoms with E-state index in [2.05, 4.69) is 37.7 Å². The number of rotatable bonds is 3. The van der Waals surface area contributed by atoms with E-state index in [9.17, 15) is 0 Å². The Bertz CT molecular complexity index is 378. The molecule has 0 N–H and O–H groups in total. The van der Waals surface area contributed by atoms with E-state index in [1.165, 1.54) is 0 Å². The summed E-state index contributed by atoms with van der Waals surface area (Å²) in [5.41, 5.74) is 0. The van der Waals surface area contributed by atoms with Crippen LogP contribution in [0.4, 0.5) is 5.82 Å². The van der Waals surface area contributed by atoms with E-state index in [1.807, 2.05) is 6.07 Å². The smallest absolute Gasteiger partial charge is 0.133 e. The zero-order chi connectivity index (χ0) is 12.3. The van der Waals surface area contributed by atoms with Gasteiger partial charge in [0.25, 0.3) is 0 Å². The summed E-state index contributed by atoms with van der Waals surface area (Å²) < 4.78 is 6.24. The van der Waals surface area contributed by atoms with Gasteiger partial charge >= 0.3 is 0 Å². The second kappa shape index (κ2) is 5.78.